The number of anilines is 1. The van der Waals surface area contributed by atoms with Gasteiger partial charge in [0.25, 0.3) is 0 Å². The Hall–Kier alpha value is -1.54. The Morgan fingerprint density at radius 2 is 1.87 bits per heavy atom. The standard InChI is InChI=1S/C17H15Cl2N4O3.C4H9.Y/c1-3-15(25)22-23-16(9(2)24)10-6-12(18)17(13(19)7-10)26-11-4-5-14(20)21-8-11;1-3-4-2;/h4,6-8H,3H2,1-2H3,(H2,20,21)(H,22,25);1,3-4H2,2H3;/q2*-1;/b23-16+;;. The zero-order chi connectivity index (χ0) is 22.7. The van der Waals surface area contributed by atoms with Crippen LogP contribution in [0.5, 0.6) is 11.5 Å². The minimum absolute atomic E-state index is 0. The number of unbranched alkanes of at least 4 members (excludes halogenated alkanes) is 1. The Kier molecular flexibility index (Phi) is 14.5. The van der Waals surface area contributed by atoms with E-state index in [1.54, 1.807) is 6.92 Å². The molecule has 10 heteroatoms. The van der Waals surface area contributed by atoms with E-state index >= 15 is 0 Å². The van der Waals surface area contributed by atoms with Crippen molar-refractivity contribution in [2.24, 2.45) is 5.10 Å². The van der Waals surface area contributed by atoms with E-state index in [2.05, 4.69) is 35.4 Å². The molecule has 0 saturated carbocycles. The Morgan fingerprint density at radius 3 is 2.29 bits per heavy atom. The zero-order valence-electron chi connectivity index (χ0n) is 17.7. The van der Waals surface area contributed by atoms with Gasteiger partial charge in [0.1, 0.15) is 11.5 Å². The smallest absolute Gasteiger partial charge is 0.239 e. The Bertz CT molecular complexity index is 881. The number of ketones is 1. The van der Waals surface area contributed by atoms with Gasteiger partial charge in [-0.25, -0.2) is 11.5 Å². The molecule has 0 bridgehead atoms. The molecule has 1 aromatic carbocycles. The summed E-state index contributed by atoms with van der Waals surface area (Å²) in [5, 5.41) is 4.16. The fraction of sp³-hybridized carbons (Fsp3) is 0.286. The van der Waals surface area contributed by atoms with Crippen LogP contribution in [-0.4, -0.2) is 22.4 Å². The van der Waals surface area contributed by atoms with Gasteiger partial charge in [-0.15, -0.1) is 0 Å². The molecule has 2 rings (SSSR count). The molecule has 1 radical (unpaired) electrons. The van der Waals surface area contributed by atoms with Crippen LogP contribution in [0.15, 0.2) is 29.5 Å². The molecule has 2 aromatic rings. The van der Waals surface area contributed by atoms with Crippen LogP contribution in [0, 0.1) is 13.0 Å². The Balaban J connectivity index is 0.00000165. The molecular weight excluding hydrogens is 516 g/mol. The third-order valence-corrected chi connectivity index (χ3v) is 4.05. The van der Waals surface area contributed by atoms with Crippen molar-refractivity contribution < 1.29 is 47.0 Å². The molecule has 3 N–H and O–H groups in total. The maximum Gasteiger partial charge on any atom is 0.239 e. The number of ether oxygens (including phenoxy) is 1. The topological polar surface area (TPSA) is 107 Å². The molecule has 1 amide bonds. The number of hydrazone groups is 1. The van der Waals surface area contributed by atoms with Crippen LogP contribution in [0.2, 0.25) is 10.0 Å². The first-order valence-corrected chi connectivity index (χ1v) is 9.96. The van der Waals surface area contributed by atoms with E-state index in [0.29, 0.717) is 11.3 Å². The zero-order valence-corrected chi connectivity index (χ0v) is 22.0. The number of pyridine rings is 1. The number of benzene rings is 1. The van der Waals surface area contributed by atoms with Crippen LogP contribution in [0.3, 0.4) is 0 Å². The normalized spacial score (nSPS) is 10.3. The van der Waals surface area contributed by atoms with Gasteiger partial charge < -0.3 is 17.4 Å². The van der Waals surface area contributed by atoms with Crippen molar-refractivity contribution in [2.45, 2.75) is 40.0 Å². The molecule has 0 aliphatic carbocycles. The molecule has 165 valence electrons. The van der Waals surface area contributed by atoms with E-state index in [1.807, 2.05) is 0 Å². The number of carbonyl (C=O) groups excluding carboxylic acids is 2. The van der Waals surface area contributed by atoms with Crippen LogP contribution >= 0.6 is 23.2 Å². The number of hydrogen-bond donors (Lipinski definition) is 2. The third kappa shape index (κ3) is 10.1. The maximum absolute atomic E-state index is 11.9. The molecule has 0 aliphatic rings. The number of nitrogens with two attached hydrogens (primary N) is 1. The summed E-state index contributed by atoms with van der Waals surface area (Å²) in [4.78, 5) is 27.1. The van der Waals surface area contributed by atoms with Gasteiger partial charge in [-0.3, -0.25) is 14.6 Å². The van der Waals surface area contributed by atoms with E-state index < -0.39 is 0 Å². The summed E-state index contributed by atoms with van der Waals surface area (Å²) in [5.41, 5.74) is 8.13. The molecular formula is C21H24Cl2N4O3Y-2. The second kappa shape index (κ2) is 15.3. The van der Waals surface area contributed by atoms with Crippen molar-refractivity contribution in [3.8, 4) is 11.5 Å². The number of hydrogen-bond acceptors (Lipinski definition) is 6. The summed E-state index contributed by atoms with van der Waals surface area (Å²) in [6.45, 7) is 8.71. The van der Waals surface area contributed by atoms with Crippen LogP contribution in [0.4, 0.5) is 5.82 Å². The Morgan fingerprint density at radius 1 is 1.29 bits per heavy atom. The summed E-state index contributed by atoms with van der Waals surface area (Å²) in [6, 6.07) is 7.12. The fourth-order valence-electron chi connectivity index (χ4n) is 1.86. The van der Waals surface area contributed by atoms with Gasteiger partial charge in [-0.05, 0) is 24.1 Å². The van der Waals surface area contributed by atoms with E-state index in [1.165, 1.54) is 37.7 Å². The van der Waals surface area contributed by atoms with E-state index in [-0.39, 0.29) is 78.1 Å². The van der Waals surface area contributed by atoms with E-state index in [9.17, 15) is 9.59 Å². The monoisotopic (exact) mass is 539 g/mol. The molecule has 0 unspecified atom stereocenters. The third-order valence-electron chi connectivity index (χ3n) is 3.49. The maximum atomic E-state index is 11.9. The predicted octanol–water partition coefficient (Wildman–Crippen LogP) is 5.00. The summed E-state index contributed by atoms with van der Waals surface area (Å²) >= 11 is 12.5. The van der Waals surface area contributed by atoms with E-state index in [4.69, 9.17) is 33.7 Å². The molecule has 0 saturated heterocycles. The van der Waals surface area contributed by atoms with Crippen LogP contribution < -0.4 is 15.9 Å². The first-order chi connectivity index (χ1) is 14.2. The van der Waals surface area contributed by atoms with Gasteiger partial charge >= 0.3 is 0 Å². The van der Waals surface area contributed by atoms with Gasteiger partial charge in [-0.2, -0.15) is 17.6 Å². The first-order valence-electron chi connectivity index (χ1n) is 9.20. The molecule has 31 heavy (non-hydrogen) atoms. The number of halogens is 2. The van der Waals surface area contributed by atoms with Crippen molar-refractivity contribution in [3.05, 3.63) is 53.0 Å². The second-order valence-corrected chi connectivity index (χ2v) is 6.78. The van der Waals surface area contributed by atoms with Crippen molar-refractivity contribution in [2.75, 3.05) is 5.73 Å². The largest absolute Gasteiger partial charge is 0.542 e. The van der Waals surface area contributed by atoms with Gasteiger partial charge in [-0.1, -0.05) is 43.5 Å². The minimum atomic E-state index is -0.362. The number of amides is 1. The molecule has 0 aliphatic heterocycles. The summed E-state index contributed by atoms with van der Waals surface area (Å²) in [6.07, 6.45) is 3.91. The predicted molar refractivity (Wildman–Crippen MR) is 120 cm³/mol. The van der Waals surface area contributed by atoms with Gasteiger partial charge in [0.2, 0.25) is 5.91 Å². The van der Waals surface area contributed by atoms with Gasteiger partial charge in [0, 0.05) is 57.4 Å². The van der Waals surface area contributed by atoms with Gasteiger partial charge in [0.05, 0.1) is 10.0 Å². The molecule has 0 fully saturated rings. The minimum Gasteiger partial charge on any atom is -0.542 e. The average Bonchev–Trinajstić information content (AvgIpc) is 2.72. The van der Waals surface area contributed by atoms with Crippen molar-refractivity contribution >= 4 is 46.4 Å². The van der Waals surface area contributed by atoms with Crippen molar-refractivity contribution in [1.29, 1.82) is 0 Å². The fourth-order valence-corrected chi connectivity index (χ4v) is 2.43. The SMILES string of the molecule is CCC(=O)N/N=C(\C(C)=O)c1cc(Cl)c(Oc2c[c-]c(N)nc2)c(Cl)c1.[CH2-]CCC.[Y]. The molecule has 1 aromatic heterocycles. The summed E-state index contributed by atoms with van der Waals surface area (Å²) in [5.74, 6) is 0.0536. The molecule has 0 atom stereocenters. The number of aromatic nitrogens is 1. The molecule has 0 spiro atoms. The quantitative estimate of drug-likeness (QED) is 0.292. The van der Waals surface area contributed by atoms with Crippen LogP contribution in [0.25, 0.3) is 0 Å². The number of nitrogen functional groups attached to an aromatic ring is 1. The Labute approximate surface area is 218 Å². The van der Waals surface area contributed by atoms with Crippen molar-refractivity contribution in [3.63, 3.8) is 0 Å². The number of nitrogens with zero attached hydrogens (tertiary/aromatic N) is 2. The number of nitrogens with one attached hydrogen (secondary N) is 1. The molecule has 7 nitrogen and oxygen atoms in total. The average molecular weight is 540 g/mol. The van der Waals surface area contributed by atoms with E-state index in [0.717, 1.165) is 6.42 Å². The first kappa shape index (κ1) is 29.5. The van der Waals surface area contributed by atoms with Crippen LogP contribution in [0.1, 0.15) is 45.6 Å². The number of Topliss-reactive ketones (excluding diaryl/α,β-unsaturated/α-hetero) is 1. The van der Waals surface area contributed by atoms with Crippen molar-refractivity contribution in [1.82, 2.24) is 10.4 Å². The second-order valence-electron chi connectivity index (χ2n) is 5.96. The molecule has 1 heterocycles. The number of carbonyl (C=O) groups is 2. The van der Waals surface area contributed by atoms with Crippen LogP contribution in [-0.2, 0) is 42.3 Å². The summed E-state index contributed by atoms with van der Waals surface area (Å²) in [7, 11) is 0. The summed E-state index contributed by atoms with van der Waals surface area (Å²) < 4.78 is 5.60. The number of rotatable bonds is 7. The van der Waals surface area contributed by atoms with Gasteiger partial charge in [0.15, 0.2) is 5.78 Å².